The number of hydrogen-bond acceptors (Lipinski definition) is 1. The zero-order chi connectivity index (χ0) is 12.5. The van der Waals surface area contributed by atoms with Gasteiger partial charge in [0.05, 0.1) is 9.30 Å². The lowest BCUT2D eigenvalue weighted by Gasteiger charge is -2.24. The van der Waals surface area contributed by atoms with Crippen LogP contribution in [0.1, 0.15) is 19.4 Å². The fourth-order valence-corrected chi connectivity index (χ4v) is 3.47. The average molecular weight is 361 g/mol. The number of aromatic nitrogens is 1. The Balaban J connectivity index is 2.38. The second-order valence-electron chi connectivity index (χ2n) is 4.71. The summed E-state index contributed by atoms with van der Waals surface area (Å²) in [4.78, 5) is 3.43. The van der Waals surface area contributed by atoms with Gasteiger partial charge in [0.2, 0.25) is 0 Å². The van der Waals surface area contributed by atoms with Crippen molar-refractivity contribution in [2.75, 3.05) is 6.66 Å². The third-order valence-electron chi connectivity index (χ3n) is 2.74. The molecule has 0 fully saturated rings. The molecule has 0 aliphatic rings. The van der Waals surface area contributed by atoms with Gasteiger partial charge >= 0.3 is 0 Å². The molecule has 0 saturated carbocycles. The monoisotopic (exact) mass is 361 g/mol. The molecule has 1 aromatic carbocycles. The van der Waals surface area contributed by atoms with Gasteiger partial charge in [0.15, 0.2) is 0 Å². The average Bonchev–Trinajstić information content (AvgIpc) is 2.55. The van der Waals surface area contributed by atoms with Crippen molar-refractivity contribution < 1.29 is 4.52 Å². The number of nitrogens with one attached hydrogen (secondary N) is 1. The maximum absolute atomic E-state index is 5.82. The quantitative estimate of drug-likeness (QED) is 0.636. The van der Waals surface area contributed by atoms with Crippen LogP contribution in [0.3, 0.4) is 0 Å². The largest absolute Gasteiger partial charge is 0.357 e. The van der Waals surface area contributed by atoms with Gasteiger partial charge in [0.25, 0.3) is 0 Å². The summed E-state index contributed by atoms with van der Waals surface area (Å²) < 4.78 is 7.04. The van der Waals surface area contributed by atoms with E-state index in [1.165, 1.54) is 20.2 Å². The Labute approximate surface area is 118 Å². The second kappa shape index (κ2) is 5.25. The Kier molecular flexibility index (Phi) is 4.11. The number of para-hydroxylation sites is 1. The fourth-order valence-electron chi connectivity index (χ4n) is 2.08. The molecule has 0 aliphatic carbocycles. The molecule has 1 atom stereocenters. The zero-order valence-electron chi connectivity index (χ0n) is 10.3. The number of fused-ring (bicyclic) bond motifs is 1. The molecule has 0 spiro atoms. The van der Waals surface area contributed by atoms with Crippen LogP contribution in [-0.2, 0) is 10.9 Å². The SMILES string of the molecule is CPOC(C)(C)Cc1c(I)[nH]c2ccccc12. The molecule has 0 bridgehead atoms. The van der Waals surface area contributed by atoms with Gasteiger partial charge in [-0.15, -0.1) is 0 Å². The molecule has 92 valence electrons. The Morgan fingerprint density at radius 2 is 2.06 bits per heavy atom. The molecule has 2 nitrogen and oxygen atoms in total. The van der Waals surface area contributed by atoms with E-state index in [1.807, 2.05) is 0 Å². The van der Waals surface area contributed by atoms with Gasteiger partial charge in [-0.05, 0) is 54.7 Å². The van der Waals surface area contributed by atoms with Crippen LogP contribution in [0.15, 0.2) is 24.3 Å². The minimum atomic E-state index is -0.0991. The first-order valence-corrected chi connectivity index (χ1v) is 8.12. The van der Waals surface area contributed by atoms with Crippen molar-refractivity contribution in [1.82, 2.24) is 4.98 Å². The Hall–Kier alpha value is -0.120. The van der Waals surface area contributed by atoms with Crippen LogP contribution in [0.4, 0.5) is 0 Å². The minimum absolute atomic E-state index is 0.0991. The maximum Gasteiger partial charge on any atom is 0.0816 e. The van der Waals surface area contributed by atoms with Crippen molar-refractivity contribution in [3.05, 3.63) is 33.5 Å². The van der Waals surface area contributed by atoms with Crippen LogP contribution in [0, 0.1) is 3.70 Å². The van der Waals surface area contributed by atoms with Gasteiger partial charge in [-0.25, -0.2) is 0 Å². The van der Waals surface area contributed by atoms with Crippen LogP contribution in [0.25, 0.3) is 10.9 Å². The van der Waals surface area contributed by atoms with Gasteiger partial charge in [0.1, 0.15) is 0 Å². The molecule has 2 aromatic rings. The first kappa shape index (κ1) is 13.3. The van der Waals surface area contributed by atoms with E-state index >= 15 is 0 Å². The normalized spacial score (nSPS) is 12.9. The molecule has 0 amide bonds. The summed E-state index contributed by atoms with van der Waals surface area (Å²) in [6.07, 6.45) is 0.941. The molecular weight excluding hydrogens is 344 g/mol. The molecule has 17 heavy (non-hydrogen) atoms. The summed E-state index contributed by atoms with van der Waals surface area (Å²) in [6.45, 7) is 6.38. The van der Waals surface area contributed by atoms with Crippen molar-refractivity contribution in [2.24, 2.45) is 0 Å². The molecule has 0 saturated heterocycles. The van der Waals surface area contributed by atoms with E-state index in [0.29, 0.717) is 8.81 Å². The fraction of sp³-hybridized carbons (Fsp3) is 0.385. The first-order chi connectivity index (χ1) is 8.03. The molecule has 0 aliphatic heterocycles. The summed E-state index contributed by atoms with van der Waals surface area (Å²) in [5.41, 5.74) is 2.48. The van der Waals surface area contributed by atoms with Gasteiger partial charge in [-0.2, -0.15) is 0 Å². The predicted molar refractivity (Wildman–Crippen MR) is 84.1 cm³/mol. The van der Waals surface area contributed by atoms with Crippen molar-refractivity contribution in [3.63, 3.8) is 0 Å². The van der Waals surface area contributed by atoms with Gasteiger partial charge < -0.3 is 9.51 Å². The lowest BCUT2D eigenvalue weighted by molar-refractivity contribution is 0.135. The highest BCUT2D eigenvalue weighted by molar-refractivity contribution is 14.1. The van der Waals surface area contributed by atoms with Gasteiger partial charge in [-0.3, -0.25) is 0 Å². The molecule has 1 unspecified atom stereocenters. The molecule has 2 rings (SSSR count). The number of H-pyrrole nitrogens is 1. The minimum Gasteiger partial charge on any atom is -0.357 e. The van der Waals surface area contributed by atoms with E-state index in [9.17, 15) is 0 Å². The molecule has 1 heterocycles. The van der Waals surface area contributed by atoms with E-state index in [4.69, 9.17) is 4.52 Å². The maximum atomic E-state index is 5.82. The summed E-state index contributed by atoms with van der Waals surface area (Å²) in [5, 5.41) is 1.31. The van der Waals surface area contributed by atoms with Crippen molar-refractivity contribution >= 4 is 42.3 Å². The van der Waals surface area contributed by atoms with E-state index in [1.54, 1.807) is 0 Å². The topological polar surface area (TPSA) is 25.0 Å². The van der Waals surface area contributed by atoms with Crippen LogP contribution in [-0.4, -0.2) is 17.2 Å². The Morgan fingerprint density at radius 3 is 2.76 bits per heavy atom. The summed E-state index contributed by atoms with van der Waals surface area (Å²) in [6, 6.07) is 8.45. The van der Waals surface area contributed by atoms with Crippen molar-refractivity contribution in [1.29, 1.82) is 0 Å². The van der Waals surface area contributed by atoms with E-state index in [-0.39, 0.29) is 5.60 Å². The molecule has 1 aromatic heterocycles. The van der Waals surface area contributed by atoms with E-state index < -0.39 is 0 Å². The van der Waals surface area contributed by atoms with E-state index in [0.717, 1.165) is 6.42 Å². The van der Waals surface area contributed by atoms with Gasteiger partial charge in [0, 0.05) is 26.1 Å². The number of aromatic amines is 1. The van der Waals surface area contributed by atoms with Crippen LogP contribution >= 0.6 is 31.4 Å². The molecule has 4 heteroatoms. The second-order valence-corrected chi connectivity index (χ2v) is 6.40. The Bertz CT molecular complexity index is 521. The number of rotatable bonds is 4. The van der Waals surface area contributed by atoms with Crippen LogP contribution in [0.2, 0.25) is 0 Å². The lowest BCUT2D eigenvalue weighted by Crippen LogP contribution is -2.24. The zero-order valence-corrected chi connectivity index (χ0v) is 13.5. The lowest BCUT2D eigenvalue weighted by atomic mass is 9.98. The van der Waals surface area contributed by atoms with E-state index in [2.05, 4.69) is 72.4 Å². The van der Waals surface area contributed by atoms with Gasteiger partial charge in [-0.1, -0.05) is 18.2 Å². The molecular formula is C13H17INOP. The third kappa shape index (κ3) is 3.01. The smallest absolute Gasteiger partial charge is 0.0816 e. The first-order valence-electron chi connectivity index (χ1n) is 5.63. The number of halogens is 1. The highest BCUT2D eigenvalue weighted by Crippen LogP contribution is 2.30. The highest BCUT2D eigenvalue weighted by Gasteiger charge is 2.22. The standard InChI is InChI=1S/C13H17INOP/c1-13(2,16-17-3)8-10-9-6-4-5-7-11(9)15-12(10)14/h4-7,15,17H,8H2,1-3H3. The highest BCUT2D eigenvalue weighted by atomic mass is 127. The third-order valence-corrected chi connectivity index (χ3v) is 4.42. The number of benzene rings is 1. The van der Waals surface area contributed by atoms with Crippen LogP contribution in [0.5, 0.6) is 0 Å². The Morgan fingerprint density at radius 1 is 1.35 bits per heavy atom. The molecule has 0 radical (unpaired) electrons. The number of hydrogen-bond donors (Lipinski definition) is 1. The van der Waals surface area contributed by atoms with Crippen molar-refractivity contribution in [2.45, 2.75) is 25.9 Å². The summed E-state index contributed by atoms with van der Waals surface area (Å²) in [5.74, 6) is 0. The summed E-state index contributed by atoms with van der Waals surface area (Å²) >= 11 is 2.37. The molecule has 1 N–H and O–H groups in total. The summed E-state index contributed by atoms with van der Waals surface area (Å²) in [7, 11) is 0.532. The predicted octanol–water partition coefficient (Wildman–Crippen LogP) is 4.33. The van der Waals surface area contributed by atoms with Crippen molar-refractivity contribution in [3.8, 4) is 0 Å². The van der Waals surface area contributed by atoms with Crippen LogP contribution < -0.4 is 0 Å².